The van der Waals surface area contributed by atoms with Gasteiger partial charge in [-0.3, -0.25) is 4.98 Å². The van der Waals surface area contributed by atoms with Gasteiger partial charge in [0.15, 0.2) is 5.11 Å². The Labute approximate surface area is 128 Å². The second-order valence-corrected chi connectivity index (χ2v) is 5.21. The fourth-order valence-corrected chi connectivity index (χ4v) is 2.26. The lowest BCUT2D eigenvalue weighted by atomic mass is 10.0. The van der Waals surface area contributed by atoms with Crippen LogP contribution in [-0.2, 0) is 12.8 Å². The summed E-state index contributed by atoms with van der Waals surface area (Å²) in [5.41, 5.74) is 8.58. The molecule has 0 aromatic carbocycles. The van der Waals surface area contributed by atoms with Crippen molar-refractivity contribution in [1.29, 1.82) is 0 Å². The van der Waals surface area contributed by atoms with Gasteiger partial charge in [0, 0.05) is 12.4 Å². The summed E-state index contributed by atoms with van der Waals surface area (Å²) in [5.74, 6) is 0.696. The number of thiocarbonyl (C=S) groups is 1. The normalized spacial score (nSPS) is 10.3. The predicted octanol–water partition coefficient (Wildman–Crippen LogP) is 2.88. The van der Waals surface area contributed by atoms with Crippen LogP contribution in [0.15, 0.2) is 30.6 Å². The highest BCUT2D eigenvalue weighted by atomic mass is 35.5. The first-order chi connectivity index (χ1) is 9.58. The summed E-state index contributed by atoms with van der Waals surface area (Å²) in [6.07, 6.45) is 5.09. The number of aryl methyl sites for hydroxylation is 2. The molecule has 0 amide bonds. The van der Waals surface area contributed by atoms with Gasteiger partial charge >= 0.3 is 0 Å². The van der Waals surface area contributed by atoms with Gasteiger partial charge in [-0.15, -0.1) is 0 Å². The molecule has 0 aliphatic rings. The highest BCUT2D eigenvalue weighted by Gasteiger charge is 2.08. The molecule has 2 rings (SSSR count). The summed E-state index contributed by atoms with van der Waals surface area (Å²) in [5, 5.41) is 3.79. The van der Waals surface area contributed by atoms with Gasteiger partial charge in [0.05, 0.1) is 10.7 Å². The van der Waals surface area contributed by atoms with E-state index in [9.17, 15) is 0 Å². The first kappa shape index (κ1) is 14.7. The minimum absolute atomic E-state index is 0.213. The molecule has 0 unspecified atom stereocenters. The highest BCUT2D eigenvalue weighted by Crippen LogP contribution is 2.19. The number of hydrogen-bond acceptors (Lipinski definition) is 3. The van der Waals surface area contributed by atoms with Crippen molar-refractivity contribution >= 4 is 34.7 Å². The van der Waals surface area contributed by atoms with Crippen molar-refractivity contribution in [2.24, 2.45) is 5.73 Å². The van der Waals surface area contributed by atoms with Crippen molar-refractivity contribution in [3.05, 3.63) is 52.4 Å². The van der Waals surface area contributed by atoms with E-state index in [1.807, 2.05) is 25.1 Å². The van der Waals surface area contributed by atoms with E-state index in [2.05, 4.69) is 15.3 Å². The van der Waals surface area contributed by atoms with E-state index in [1.165, 1.54) is 5.56 Å². The Kier molecular flexibility index (Phi) is 4.87. The number of pyridine rings is 2. The Morgan fingerprint density at radius 1 is 1.30 bits per heavy atom. The van der Waals surface area contributed by atoms with Crippen molar-refractivity contribution in [3.8, 4) is 0 Å². The molecule has 2 aromatic heterocycles. The number of anilines is 1. The van der Waals surface area contributed by atoms with Crippen LogP contribution in [0.25, 0.3) is 0 Å². The number of rotatable bonds is 4. The van der Waals surface area contributed by atoms with E-state index in [0.29, 0.717) is 10.8 Å². The Bertz CT molecular complexity index is 630. The Balaban J connectivity index is 2.14. The zero-order valence-electron chi connectivity index (χ0n) is 11.1. The lowest BCUT2D eigenvalue weighted by Gasteiger charge is -2.11. The van der Waals surface area contributed by atoms with Gasteiger partial charge in [-0.1, -0.05) is 11.6 Å². The summed E-state index contributed by atoms with van der Waals surface area (Å²) in [6.45, 7) is 1.99. The van der Waals surface area contributed by atoms with Gasteiger partial charge in [-0.2, -0.15) is 0 Å². The third-order valence-electron chi connectivity index (χ3n) is 3.02. The maximum atomic E-state index is 6.11. The van der Waals surface area contributed by atoms with Crippen LogP contribution in [0.5, 0.6) is 0 Å². The van der Waals surface area contributed by atoms with Gasteiger partial charge in [-0.25, -0.2) is 4.98 Å². The van der Waals surface area contributed by atoms with Gasteiger partial charge in [0.1, 0.15) is 5.82 Å². The van der Waals surface area contributed by atoms with E-state index in [0.717, 1.165) is 24.1 Å². The van der Waals surface area contributed by atoms with E-state index < -0.39 is 0 Å². The topological polar surface area (TPSA) is 63.8 Å². The van der Waals surface area contributed by atoms with Crippen molar-refractivity contribution in [2.45, 2.75) is 19.8 Å². The van der Waals surface area contributed by atoms with E-state index >= 15 is 0 Å². The standard InChI is InChI=1S/C14H15ClN4S/c1-9-10(6-8-18-13(9)19-14(16)20)4-5-12-11(15)3-2-7-17-12/h2-3,6-8H,4-5H2,1H3,(H3,16,18,19,20). The molecule has 2 heterocycles. The SMILES string of the molecule is Cc1c(CCc2ncccc2Cl)ccnc1NC(N)=S. The number of nitrogens with two attached hydrogens (primary N) is 1. The average Bonchev–Trinajstić information content (AvgIpc) is 2.41. The van der Waals surface area contributed by atoms with Gasteiger partial charge < -0.3 is 11.1 Å². The summed E-state index contributed by atoms with van der Waals surface area (Å²) >= 11 is 10.9. The van der Waals surface area contributed by atoms with Gasteiger partial charge in [-0.05, 0) is 61.3 Å². The second kappa shape index (κ2) is 6.63. The molecule has 0 aliphatic heterocycles. The second-order valence-electron chi connectivity index (χ2n) is 4.36. The lowest BCUT2D eigenvalue weighted by molar-refractivity contribution is 0.903. The molecule has 0 radical (unpaired) electrons. The average molecular weight is 307 g/mol. The summed E-state index contributed by atoms with van der Waals surface area (Å²) in [7, 11) is 0. The molecule has 2 aromatic rings. The summed E-state index contributed by atoms with van der Waals surface area (Å²) < 4.78 is 0. The quantitative estimate of drug-likeness (QED) is 0.850. The molecule has 4 nitrogen and oxygen atoms in total. The number of hydrogen-bond donors (Lipinski definition) is 2. The molecular formula is C14H15ClN4S. The van der Waals surface area contributed by atoms with E-state index in [-0.39, 0.29) is 5.11 Å². The van der Waals surface area contributed by atoms with E-state index in [1.54, 1.807) is 12.4 Å². The molecule has 3 N–H and O–H groups in total. The molecule has 0 saturated heterocycles. The smallest absolute Gasteiger partial charge is 0.169 e. The molecule has 0 atom stereocenters. The van der Waals surface area contributed by atoms with Crippen molar-refractivity contribution in [2.75, 3.05) is 5.32 Å². The highest BCUT2D eigenvalue weighted by molar-refractivity contribution is 7.80. The van der Waals surface area contributed by atoms with Crippen molar-refractivity contribution in [1.82, 2.24) is 9.97 Å². The molecule has 0 aliphatic carbocycles. The van der Waals surface area contributed by atoms with Gasteiger partial charge in [0.25, 0.3) is 0 Å². The summed E-state index contributed by atoms with van der Waals surface area (Å²) in [6, 6.07) is 5.66. The molecule has 104 valence electrons. The fourth-order valence-electron chi connectivity index (χ4n) is 1.94. The van der Waals surface area contributed by atoms with Crippen molar-refractivity contribution in [3.63, 3.8) is 0 Å². The Morgan fingerprint density at radius 3 is 2.80 bits per heavy atom. The Morgan fingerprint density at radius 2 is 2.10 bits per heavy atom. The van der Waals surface area contributed by atoms with Crippen LogP contribution in [0.2, 0.25) is 5.02 Å². The molecular weight excluding hydrogens is 292 g/mol. The van der Waals surface area contributed by atoms with Crippen LogP contribution in [0, 0.1) is 6.92 Å². The number of halogens is 1. The molecule has 0 bridgehead atoms. The molecule has 20 heavy (non-hydrogen) atoms. The van der Waals surface area contributed by atoms with Crippen molar-refractivity contribution < 1.29 is 0 Å². The van der Waals surface area contributed by atoms with Crippen LogP contribution in [0.1, 0.15) is 16.8 Å². The lowest BCUT2D eigenvalue weighted by Crippen LogP contribution is -2.20. The number of nitrogens with zero attached hydrogens (tertiary/aromatic N) is 2. The monoisotopic (exact) mass is 306 g/mol. The fraction of sp³-hybridized carbons (Fsp3) is 0.214. The Hall–Kier alpha value is -1.72. The first-order valence-electron chi connectivity index (χ1n) is 6.18. The van der Waals surface area contributed by atoms with Crippen LogP contribution in [-0.4, -0.2) is 15.1 Å². The minimum Gasteiger partial charge on any atom is -0.376 e. The minimum atomic E-state index is 0.213. The maximum absolute atomic E-state index is 6.11. The zero-order chi connectivity index (χ0) is 14.5. The third kappa shape index (κ3) is 3.65. The first-order valence-corrected chi connectivity index (χ1v) is 6.97. The third-order valence-corrected chi connectivity index (χ3v) is 3.47. The molecule has 6 heteroatoms. The van der Waals surface area contributed by atoms with Crippen LogP contribution < -0.4 is 11.1 Å². The van der Waals surface area contributed by atoms with Crippen LogP contribution in [0.4, 0.5) is 5.82 Å². The van der Waals surface area contributed by atoms with Gasteiger partial charge in [0.2, 0.25) is 0 Å². The largest absolute Gasteiger partial charge is 0.376 e. The summed E-state index contributed by atoms with van der Waals surface area (Å²) in [4.78, 5) is 8.52. The molecule has 0 fully saturated rings. The maximum Gasteiger partial charge on any atom is 0.169 e. The number of nitrogens with one attached hydrogen (secondary N) is 1. The predicted molar refractivity (Wildman–Crippen MR) is 86.0 cm³/mol. The molecule has 0 saturated carbocycles. The van der Waals surface area contributed by atoms with Crippen LogP contribution in [0.3, 0.4) is 0 Å². The van der Waals surface area contributed by atoms with Crippen LogP contribution >= 0.6 is 23.8 Å². The molecule has 0 spiro atoms. The van der Waals surface area contributed by atoms with E-state index in [4.69, 9.17) is 29.6 Å². The number of aromatic nitrogens is 2. The zero-order valence-corrected chi connectivity index (χ0v) is 12.6.